The van der Waals surface area contributed by atoms with Crippen LogP contribution in [-0.2, 0) is 12.0 Å². The van der Waals surface area contributed by atoms with Crippen LogP contribution in [-0.4, -0.2) is 5.11 Å². The van der Waals surface area contributed by atoms with Gasteiger partial charge in [-0.05, 0) is 54.8 Å². The van der Waals surface area contributed by atoms with Crippen molar-refractivity contribution in [3.8, 4) is 0 Å². The maximum atomic E-state index is 13.6. The molecular formula is C16H15F3O. The van der Waals surface area contributed by atoms with Crippen LogP contribution < -0.4 is 0 Å². The number of aliphatic hydroxyl groups is 1. The number of hydrogen-bond acceptors (Lipinski definition) is 1. The standard InChI is InChI=1S/C16H15F3O/c1-10-3-4-12(8-15(10)19)16(2,20)9-11-7-13(17)5-6-14(11)18/h3-8,20H,9H2,1-2H3. The summed E-state index contributed by atoms with van der Waals surface area (Å²) < 4.78 is 40.3. The Bertz CT molecular complexity index is 636. The summed E-state index contributed by atoms with van der Waals surface area (Å²) in [4.78, 5) is 0. The van der Waals surface area contributed by atoms with Crippen LogP contribution in [0.3, 0.4) is 0 Å². The third kappa shape index (κ3) is 3.02. The molecule has 0 fully saturated rings. The van der Waals surface area contributed by atoms with E-state index in [4.69, 9.17) is 0 Å². The van der Waals surface area contributed by atoms with E-state index in [1.807, 2.05) is 0 Å². The van der Waals surface area contributed by atoms with Crippen LogP contribution in [0.2, 0.25) is 0 Å². The Kier molecular flexibility index (Phi) is 3.86. The summed E-state index contributed by atoms with van der Waals surface area (Å²) in [6, 6.07) is 7.40. The Morgan fingerprint density at radius 1 is 1.00 bits per heavy atom. The quantitative estimate of drug-likeness (QED) is 0.905. The first-order chi connectivity index (χ1) is 9.29. The lowest BCUT2D eigenvalue weighted by atomic mass is 9.88. The summed E-state index contributed by atoms with van der Waals surface area (Å²) in [5.41, 5.74) is -0.648. The molecule has 0 spiro atoms. The van der Waals surface area contributed by atoms with Crippen LogP contribution in [0.1, 0.15) is 23.6 Å². The van der Waals surface area contributed by atoms with Gasteiger partial charge in [0.1, 0.15) is 17.5 Å². The normalized spacial score (nSPS) is 14.1. The van der Waals surface area contributed by atoms with Gasteiger partial charge in [-0.3, -0.25) is 0 Å². The highest BCUT2D eigenvalue weighted by atomic mass is 19.1. The van der Waals surface area contributed by atoms with Gasteiger partial charge in [-0.1, -0.05) is 12.1 Å². The zero-order valence-corrected chi connectivity index (χ0v) is 11.3. The molecular weight excluding hydrogens is 265 g/mol. The van der Waals surface area contributed by atoms with Gasteiger partial charge in [0.15, 0.2) is 0 Å². The lowest BCUT2D eigenvalue weighted by molar-refractivity contribution is 0.0563. The first-order valence-corrected chi connectivity index (χ1v) is 6.22. The number of aryl methyl sites for hydroxylation is 1. The van der Waals surface area contributed by atoms with Gasteiger partial charge in [0.25, 0.3) is 0 Å². The Balaban J connectivity index is 2.34. The third-order valence-electron chi connectivity index (χ3n) is 3.34. The van der Waals surface area contributed by atoms with Crippen molar-refractivity contribution in [2.75, 3.05) is 0 Å². The second-order valence-corrected chi connectivity index (χ2v) is 5.15. The van der Waals surface area contributed by atoms with Crippen LogP contribution in [0.4, 0.5) is 13.2 Å². The average Bonchev–Trinajstić information content (AvgIpc) is 2.36. The first kappa shape index (κ1) is 14.6. The smallest absolute Gasteiger partial charge is 0.126 e. The molecule has 0 saturated heterocycles. The van der Waals surface area contributed by atoms with Gasteiger partial charge in [-0.25, -0.2) is 13.2 Å². The summed E-state index contributed by atoms with van der Waals surface area (Å²) in [5, 5.41) is 10.4. The van der Waals surface area contributed by atoms with Crippen molar-refractivity contribution in [3.05, 3.63) is 70.5 Å². The second kappa shape index (κ2) is 5.29. The van der Waals surface area contributed by atoms with Crippen molar-refractivity contribution < 1.29 is 18.3 Å². The van der Waals surface area contributed by atoms with Gasteiger partial charge in [0.05, 0.1) is 5.60 Å². The lowest BCUT2D eigenvalue weighted by Gasteiger charge is -2.24. The van der Waals surface area contributed by atoms with E-state index in [2.05, 4.69) is 0 Å². The molecule has 2 aromatic rings. The molecule has 0 heterocycles. The van der Waals surface area contributed by atoms with Gasteiger partial charge < -0.3 is 5.11 Å². The minimum atomic E-state index is -1.48. The van der Waals surface area contributed by atoms with Crippen LogP contribution in [0.15, 0.2) is 36.4 Å². The van der Waals surface area contributed by atoms with Gasteiger partial charge in [0.2, 0.25) is 0 Å². The predicted octanol–water partition coefficient (Wildman–Crippen LogP) is 3.86. The van der Waals surface area contributed by atoms with Crippen molar-refractivity contribution >= 4 is 0 Å². The maximum absolute atomic E-state index is 13.6. The fraction of sp³-hybridized carbons (Fsp3) is 0.250. The van der Waals surface area contributed by atoms with Crippen LogP contribution in [0, 0.1) is 24.4 Å². The molecule has 0 aliphatic heterocycles. The van der Waals surface area contributed by atoms with Crippen LogP contribution in [0.5, 0.6) is 0 Å². The van der Waals surface area contributed by atoms with Crippen molar-refractivity contribution in [1.82, 2.24) is 0 Å². The SMILES string of the molecule is Cc1ccc(C(C)(O)Cc2cc(F)ccc2F)cc1F. The summed E-state index contributed by atoms with van der Waals surface area (Å²) in [6.45, 7) is 3.06. The first-order valence-electron chi connectivity index (χ1n) is 6.22. The molecule has 0 aromatic heterocycles. The molecule has 20 heavy (non-hydrogen) atoms. The van der Waals surface area contributed by atoms with E-state index in [-0.39, 0.29) is 12.0 Å². The van der Waals surface area contributed by atoms with Crippen LogP contribution >= 0.6 is 0 Å². The summed E-state index contributed by atoms with van der Waals surface area (Å²) in [6.07, 6.45) is -0.140. The molecule has 1 N–H and O–H groups in total. The van der Waals surface area contributed by atoms with Gasteiger partial charge in [-0.15, -0.1) is 0 Å². The van der Waals surface area contributed by atoms with Crippen molar-refractivity contribution in [2.24, 2.45) is 0 Å². The largest absolute Gasteiger partial charge is 0.385 e. The fourth-order valence-electron chi connectivity index (χ4n) is 2.08. The average molecular weight is 280 g/mol. The molecule has 2 rings (SSSR count). The zero-order valence-electron chi connectivity index (χ0n) is 11.3. The fourth-order valence-corrected chi connectivity index (χ4v) is 2.08. The molecule has 0 bridgehead atoms. The number of hydrogen-bond donors (Lipinski definition) is 1. The van der Waals surface area contributed by atoms with Crippen LogP contribution in [0.25, 0.3) is 0 Å². The minimum absolute atomic E-state index is 0.0518. The second-order valence-electron chi connectivity index (χ2n) is 5.15. The molecule has 0 saturated carbocycles. The molecule has 2 aromatic carbocycles. The maximum Gasteiger partial charge on any atom is 0.126 e. The van der Waals surface area contributed by atoms with E-state index in [0.717, 1.165) is 18.2 Å². The highest BCUT2D eigenvalue weighted by molar-refractivity contribution is 5.30. The molecule has 0 amide bonds. The highest BCUT2D eigenvalue weighted by Crippen LogP contribution is 2.28. The number of benzene rings is 2. The Morgan fingerprint density at radius 2 is 1.70 bits per heavy atom. The zero-order chi connectivity index (χ0) is 14.9. The third-order valence-corrected chi connectivity index (χ3v) is 3.34. The van der Waals surface area contributed by atoms with E-state index < -0.39 is 23.1 Å². The Labute approximate surface area is 115 Å². The monoisotopic (exact) mass is 280 g/mol. The molecule has 4 heteroatoms. The molecule has 1 atom stereocenters. The minimum Gasteiger partial charge on any atom is -0.385 e. The molecule has 0 aliphatic rings. The molecule has 1 nitrogen and oxygen atoms in total. The van der Waals surface area contributed by atoms with Gasteiger partial charge >= 0.3 is 0 Å². The predicted molar refractivity (Wildman–Crippen MR) is 70.8 cm³/mol. The van der Waals surface area contributed by atoms with Gasteiger partial charge in [0, 0.05) is 6.42 Å². The number of rotatable bonds is 3. The van der Waals surface area contributed by atoms with Crippen molar-refractivity contribution in [3.63, 3.8) is 0 Å². The number of halogens is 3. The molecule has 0 aliphatic carbocycles. The van der Waals surface area contributed by atoms with E-state index in [1.54, 1.807) is 19.1 Å². The summed E-state index contributed by atoms with van der Waals surface area (Å²) in [5.74, 6) is -1.62. The van der Waals surface area contributed by atoms with Crippen molar-refractivity contribution in [2.45, 2.75) is 25.9 Å². The highest BCUT2D eigenvalue weighted by Gasteiger charge is 2.26. The molecule has 106 valence electrons. The van der Waals surface area contributed by atoms with E-state index >= 15 is 0 Å². The summed E-state index contributed by atoms with van der Waals surface area (Å²) in [7, 11) is 0. The van der Waals surface area contributed by atoms with Crippen molar-refractivity contribution in [1.29, 1.82) is 0 Å². The Morgan fingerprint density at radius 3 is 2.35 bits per heavy atom. The summed E-state index contributed by atoms with van der Waals surface area (Å²) >= 11 is 0. The molecule has 1 unspecified atom stereocenters. The van der Waals surface area contributed by atoms with E-state index in [9.17, 15) is 18.3 Å². The van der Waals surface area contributed by atoms with E-state index in [1.165, 1.54) is 13.0 Å². The molecule has 0 radical (unpaired) electrons. The van der Waals surface area contributed by atoms with Gasteiger partial charge in [-0.2, -0.15) is 0 Å². The lowest BCUT2D eigenvalue weighted by Crippen LogP contribution is -2.25. The topological polar surface area (TPSA) is 20.2 Å². The Hall–Kier alpha value is -1.81. The van der Waals surface area contributed by atoms with E-state index in [0.29, 0.717) is 11.1 Å².